The van der Waals surface area contributed by atoms with Crippen LogP contribution >= 0.6 is 11.6 Å². The molecule has 1 heterocycles. The van der Waals surface area contributed by atoms with Gasteiger partial charge in [-0.3, -0.25) is 14.5 Å². The molecule has 0 atom stereocenters. The van der Waals surface area contributed by atoms with Crippen molar-refractivity contribution in [2.75, 3.05) is 11.9 Å². The second-order valence-corrected chi connectivity index (χ2v) is 11.4. The molecule has 1 aliphatic heterocycles. The lowest BCUT2D eigenvalue weighted by Gasteiger charge is -2.22. The van der Waals surface area contributed by atoms with E-state index in [-0.39, 0.29) is 18.2 Å². The number of hydrogen-bond acceptors (Lipinski definition) is 3. The van der Waals surface area contributed by atoms with Gasteiger partial charge < -0.3 is 5.32 Å². The minimum absolute atomic E-state index is 0.175. The van der Waals surface area contributed by atoms with Crippen LogP contribution in [0.3, 0.4) is 0 Å². The number of fused-ring (bicyclic) bond motifs is 7. The second-order valence-electron chi connectivity index (χ2n) is 11.0. The highest BCUT2D eigenvalue weighted by atomic mass is 35.5. The minimum atomic E-state index is -0.184. The van der Waals surface area contributed by atoms with Crippen molar-refractivity contribution in [1.29, 1.82) is 0 Å². The smallest absolute Gasteiger partial charge is 0.238 e. The lowest BCUT2D eigenvalue weighted by Crippen LogP contribution is -2.32. The van der Waals surface area contributed by atoms with E-state index in [1.807, 2.05) is 18.2 Å². The molecule has 1 aliphatic carbocycles. The SMILES string of the molecule is O=C(CN1Cc2ccc3c(c2-c2c(ccc4ccccc24)C1)CCC=C3)Nc1ccc(Cl)cc1C(=O)c1ccccc1. The number of carbonyl (C=O) groups is 2. The van der Waals surface area contributed by atoms with Gasteiger partial charge in [0.05, 0.1) is 12.2 Å². The molecule has 0 spiro atoms. The van der Waals surface area contributed by atoms with Crippen molar-refractivity contribution in [3.05, 3.63) is 142 Å². The molecule has 1 N–H and O–H groups in total. The molecule has 0 fully saturated rings. The lowest BCUT2D eigenvalue weighted by atomic mass is 9.83. The van der Waals surface area contributed by atoms with E-state index < -0.39 is 0 Å². The van der Waals surface area contributed by atoms with Gasteiger partial charge in [-0.05, 0) is 75.2 Å². The topological polar surface area (TPSA) is 49.4 Å². The fourth-order valence-corrected chi connectivity index (χ4v) is 6.54. The summed E-state index contributed by atoms with van der Waals surface area (Å²) in [6.45, 7) is 1.48. The van der Waals surface area contributed by atoms with Crippen LogP contribution in [0.25, 0.3) is 28.0 Å². The number of nitrogens with one attached hydrogen (secondary N) is 1. The fourth-order valence-electron chi connectivity index (χ4n) is 6.36. The van der Waals surface area contributed by atoms with Gasteiger partial charge >= 0.3 is 0 Å². The molecule has 0 aromatic heterocycles. The van der Waals surface area contributed by atoms with E-state index in [9.17, 15) is 9.59 Å². The standard InChI is InChI=1S/C37H29ClN2O2/c38-29-18-19-33(32(20-29)37(42)26-10-2-1-3-11-26)39-34(41)23-40-21-27-16-14-24-8-4-6-12-30(24)35(27)36-28(22-40)17-15-25-9-5-7-13-31(25)36/h1-6,8-12,14-20H,7,13,21-23H2,(H,39,41). The first-order valence-corrected chi connectivity index (χ1v) is 14.7. The Kier molecular flexibility index (Phi) is 6.94. The lowest BCUT2D eigenvalue weighted by molar-refractivity contribution is -0.117. The maximum Gasteiger partial charge on any atom is 0.238 e. The summed E-state index contributed by atoms with van der Waals surface area (Å²) in [5.41, 5.74) is 9.11. The highest BCUT2D eigenvalue weighted by Gasteiger charge is 2.26. The van der Waals surface area contributed by atoms with Crippen LogP contribution in [0.15, 0.2) is 103 Å². The van der Waals surface area contributed by atoms with Gasteiger partial charge in [0, 0.05) is 29.2 Å². The summed E-state index contributed by atoms with van der Waals surface area (Å²) < 4.78 is 0. The first-order valence-electron chi connectivity index (χ1n) is 14.3. The molecular formula is C37H29ClN2O2. The van der Waals surface area contributed by atoms with Gasteiger partial charge in [-0.1, -0.05) is 103 Å². The van der Waals surface area contributed by atoms with Gasteiger partial charge in [-0.25, -0.2) is 0 Å². The molecule has 206 valence electrons. The number of nitrogens with zero attached hydrogens (tertiary/aromatic N) is 1. The highest BCUT2D eigenvalue weighted by molar-refractivity contribution is 6.31. The van der Waals surface area contributed by atoms with Crippen LogP contribution in [0, 0.1) is 0 Å². The largest absolute Gasteiger partial charge is 0.324 e. The molecule has 5 heteroatoms. The number of hydrogen-bond donors (Lipinski definition) is 1. The van der Waals surface area contributed by atoms with Crippen LogP contribution in [0.5, 0.6) is 0 Å². The molecule has 4 nitrogen and oxygen atoms in total. The zero-order valence-electron chi connectivity index (χ0n) is 23.1. The monoisotopic (exact) mass is 568 g/mol. The Balaban J connectivity index is 1.23. The van der Waals surface area contributed by atoms with Crippen LogP contribution in [0.4, 0.5) is 5.69 Å². The predicted molar refractivity (Wildman–Crippen MR) is 171 cm³/mol. The first kappa shape index (κ1) is 26.4. The van der Waals surface area contributed by atoms with Gasteiger partial charge in [-0.2, -0.15) is 0 Å². The Labute approximate surface area is 250 Å². The van der Waals surface area contributed by atoms with E-state index in [0.717, 1.165) is 12.8 Å². The summed E-state index contributed by atoms with van der Waals surface area (Å²) in [6.07, 6.45) is 6.52. The van der Waals surface area contributed by atoms with Gasteiger partial charge in [-0.15, -0.1) is 0 Å². The molecule has 0 saturated heterocycles. The predicted octanol–water partition coefficient (Wildman–Crippen LogP) is 8.30. The summed E-state index contributed by atoms with van der Waals surface area (Å²) in [7, 11) is 0. The Hall–Kier alpha value is -4.51. The average Bonchev–Trinajstić information content (AvgIpc) is 3.18. The van der Waals surface area contributed by atoms with E-state index in [1.165, 1.54) is 44.2 Å². The Morgan fingerprint density at radius 3 is 2.43 bits per heavy atom. The number of amides is 1. The quantitative estimate of drug-likeness (QED) is 0.217. The number of benzene rings is 5. The van der Waals surface area contributed by atoms with E-state index in [4.69, 9.17) is 11.6 Å². The summed E-state index contributed by atoms with van der Waals surface area (Å²) >= 11 is 6.27. The van der Waals surface area contributed by atoms with Crippen molar-refractivity contribution in [3.63, 3.8) is 0 Å². The number of ketones is 1. The molecule has 5 aromatic rings. The van der Waals surface area contributed by atoms with Gasteiger partial charge in [0.2, 0.25) is 5.91 Å². The zero-order chi connectivity index (χ0) is 28.6. The molecule has 0 radical (unpaired) electrons. The third-order valence-electron chi connectivity index (χ3n) is 8.25. The summed E-state index contributed by atoms with van der Waals surface area (Å²) in [6, 6.07) is 31.5. The maximum absolute atomic E-state index is 13.6. The summed E-state index contributed by atoms with van der Waals surface area (Å²) in [4.78, 5) is 29.1. The third-order valence-corrected chi connectivity index (χ3v) is 8.49. The van der Waals surface area contributed by atoms with Crippen LogP contribution < -0.4 is 5.32 Å². The molecule has 5 aromatic carbocycles. The van der Waals surface area contributed by atoms with Crippen molar-refractivity contribution in [1.82, 2.24) is 4.90 Å². The van der Waals surface area contributed by atoms with E-state index >= 15 is 0 Å². The third kappa shape index (κ3) is 4.94. The first-order chi connectivity index (χ1) is 20.5. The molecule has 0 unspecified atom stereocenters. The van der Waals surface area contributed by atoms with Crippen LogP contribution in [0.1, 0.15) is 44.6 Å². The molecule has 42 heavy (non-hydrogen) atoms. The number of allylic oxidation sites excluding steroid dienone is 1. The minimum Gasteiger partial charge on any atom is -0.324 e. The molecule has 0 bridgehead atoms. The van der Waals surface area contributed by atoms with Gasteiger partial charge in [0.15, 0.2) is 5.78 Å². The van der Waals surface area contributed by atoms with Crippen molar-refractivity contribution in [2.45, 2.75) is 25.9 Å². The highest BCUT2D eigenvalue weighted by Crippen LogP contribution is 2.42. The zero-order valence-corrected chi connectivity index (χ0v) is 23.8. The van der Waals surface area contributed by atoms with Crippen molar-refractivity contribution < 1.29 is 9.59 Å². The summed E-state index contributed by atoms with van der Waals surface area (Å²) in [5, 5.41) is 5.92. The van der Waals surface area contributed by atoms with E-state index in [2.05, 4.69) is 70.9 Å². The van der Waals surface area contributed by atoms with Crippen LogP contribution in [-0.4, -0.2) is 23.1 Å². The Bertz CT molecular complexity index is 1890. The van der Waals surface area contributed by atoms with Gasteiger partial charge in [0.25, 0.3) is 0 Å². The molecule has 0 saturated carbocycles. The Morgan fingerprint density at radius 2 is 1.57 bits per heavy atom. The number of carbonyl (C=O) groups excluding carboxylic acids is 2. The molecule has 7 rings (SSSR count). The van der Waals surface area contributed by atoms with E-state index in [1.54, 1.807) is 30.3 Å². The molecular weight excluding hydrogens is 540 g/mol. The fraction of sp³-hybridized carbons (Fsp3) is 0.135. The number of anilines is 1. The average molecular weight is 569 g/mol. The number of rotatable bonds is 5. The normalized spacial score (nSPS) is 14.0. The molecule has 2 aliphatic rings. The van der Waals surface area contributed by atoms with Crippen LogP contribution in [-0.2, 0) is 24.3 Å². The maximum atomic E-state index is 13.6. The van der Waals surface area contributed by atoms with Crippen molar-refractivity contribution >= 4 is 45.8 Å². The van der Waals surface area contributed by atoms with Crippen LogP contribution in [0.2, 0.25) is 5.02 Å². The second kappa shape index (κ2) is 11.1. The Morgan fingerprint density at radius 1 is 0.810 bits per heavy atom. The summed E-state index contributed by atoms with van der Waals surface area (Å²) in [5.74, 6) is -0.358. The molecule has 1 amide bonds. The van der Waals surface area contributed by atoms with Gasteiger partial charge in [0.1, 0.15) is 0 Å². The van der Waals surface area contributed by atoms with Crippen molar-refractivity contribution in [3.8, 4) is 11.1 Å². The number of halogens is 1. The van der Waals surface area contributed by atoms with Crippen molar-refractivity contribution in [2.24, 2.45) is 0 Å². The van der Waals surface area contributed by atoms with E-state index in [0.29, 0.717) is 34.9 Å².